The van der Waals surface area contributed by atoms with Gasteiger partial charge in [-0.25, -0.2) is 0 Å². The number of hydrogen-bond acceptors (Lipinski definition) is 3. The Labute approximate surface area is 108 Å². The number of fused-ring (bicyclic) bond motifs is 3. The quantitative estimate of drug-likeness (QED) is 0.815. The molecule has 3 aliphatic heterocycles. The summed E-state index contributed by atoms with van der Waals surface area (Å²) in [5.74, 6) is 1.67. The molecule has 3 aliphatic rings. The molecule has 3 fully saturated rings. The van der Waals surface area contributed by atoms with Crippen molar-refractivity contribution in [1.82, 2.24) is 4.90 Å². The van der Waals surface area contributed by atoms with Gasteiger partial charge in [-0.1, -0.05) is 12.1 Å². The molecule has 96 valence electrons. The van der Waals surface area contributed by atoms with Crippen molar-refractivity contribution in [3.8, 4) is 5.75 Å². The number of ether oxygens (including phenoxy) is 1. The van der Waals surface area contributed by atoms with Gasteiger partial charge in [0.1, 0.15) is 5.75 Å². The van der Waals surface area contributed by atoms with Gasteiger partial charge in [0.05, 0.1) is 13.7 Å². The van der Waals surface area contributed by atoms with Crippen LogP contribution >= 0.6 is 0 Å². The largest absolute Gasteiger partial charge is 0.497 e. The van der Waals surface area contributed by atoms with Gasteiger partial charge in [-0.05, 0) is 43.6 Å². The Balaban J connectivity index is 1.66. The number of benzene rings is 1. The van der Waals surface area contributed by atoms with E-state index in [9.17, 15) is 0 Å². The molecule has 0 spiro atoms. The van der Waals surface area contributed by atoms with E-state index in [2.05, 4.69) is 17.0 Å². The molecule has 0 radical (unpaired) electrons. The molecule has 0 amide bonds. The zero-order chi connectivity index (χ0) is 12.4. The zero-order valence-electron chi connectivity index (χ0n) is 10.9. The summed E-state index contributed by atoms with van der Waals surface area (Å²) in [5, 5.41) is 0. The third-order valence-electron chi connectivity index (χ3n) is 4.07. The summed E-state index contributed by atoms with van der Waals surface area (Å²) in [6.07, 6.45) is 2.61. The number of aliphatic imine (C=N–C) groups is 1. The first-order chi connectivity index (χ1) is 8.85. The van der Waals surface area contributed by atoms with Crippen molar-refractivity contribution >= 4 is 5.71 Å². The van der Waals surface area contributed by atoms with Crippen LogP contribution in [0.15, 0.2) is 29.3 Å². The van der Waals surface area contributed by atoms with E-state index in [0.29, 0.717) is 0 Å². The number of rotatable bonds is 3. The first kappa shape index (κ1) is 11.7. The summed E-state index contributed by atoms with van der Waals surface area (Å²) in [5.41, 5.74) is 2.68. The number of nitrogens with zero attached hydrogens (tertiary/aromatic N) is 2. The van der Waals surface area contributed by atoms with Crippen LogP contribution in [0.5, 0.6) is 5.75 Å². The second-order valence-electron chi connectivity index (χ2n) is 5.21. The Morgan fingerprint density at radius 2 is 1.94 bits per heavy atom. The Morgan fingerprint density at radius 3 is 2.50 bits per heavy atom. The van der Waals surface area contributed by atoms with Gasteiger partial charge in [-0.15, -0.1) is 0 Å². The van der Waals surface area contributed by atoms with Crippen LogP contribution in [-0.4, -0.2) is 37.4 Å². The van der Waals surface area contributed by atoms with E-state index in [4.69, 9.17) is 9.73 Å². The maximum Gasteiger partial charge on any atom is 0.118 e. The molecule has 4 rings (SSSR count). The molecule has 1 aromatic carbocycles. The van der Waals surface area contributed by atoms with Gasteiger partial charge in [0.15, 0.2) is 0 Å². The van der Waals surface area contributed by atoms with Crippen molar-refractivity contribution in [3.63, 3.8) is 0 Å². The van der Waals surface area contributed by atoms with Gasteiger partial charge >= 0.3 is 0 Å². The van der Waals surface area contributed by atoms with Crippen LogP contribution < -0.4 is 4.74 Å². The highest BCUT2D eigenvalue weighted by Crippen LogP contribution is 2.25. The molecule has 3 heteroatoms. The average Bonchev–Trinajstić information content (AvgIpc) is 2.47. The third-order valence-corrected chi connectivity index (χ3v) is 4.07. The minimum atomic E-state index is 0.758. The van der Waals surface area contributed by atoms with Gasteiger partial charge in [0.2, 0.25) is 0 Å². The summed E-state index contributed by atoms with van der Waals surface area (Å²) in [4.78, 5) is 7.35. The number of methoxy groups -OCH3 is 1. The van der Waals surface area contributed by atoms with Crippen molar-refractivity contribution in [1.29, 1.82) is 0 Å². The standard InChI is InChI=1S/C15H20N2O/c1-18-14-4-2-12(3-5-14)10-16-15-11-17-8-6-13(15)7-9-17/h2-5,13H,6-11H2,1H3/b16-15+. The van der Waals surface area contributed by atoms with E-state index in [1.807, 2.05) is 12.1 Å². The zero-order valence-corrected chi connectivity index (χ0v) is 10.9. The Morgan fingerprint density at radius 1 is 1.22 bits per heavy atom. The van der Waals surface area contributed by atoms with E-state index in [1.54, 1.807) is 7.11 Å². The summed E-state index contributed by atoms with van der Waals surface area (Å²) >= 11 is 0. The summed E-state index contributed by atoms with van der Waals surface area (Å²) in [6, 6.07) is 8.21. The number of piperidine rings is 3. The van der Waals surface area contributed by atoms with Crippen LogP contribution in [0.1, 0.15) is 18.4 Å². The fourth-order valence-electron chi connectivity index (χ4n) is 2.89. The normalized spacial score (nSPS) is 28.6. The molecular weight excluding hydrogens is 224 g/mol. The summed E-state index contributed by atoms with van der Waals surface area (Å²) < 4.78 is 5.16. The second kappa shape index (κ2) is 5.11. The third kappa shape index (κ3) is 2.41. The maximum absolute atomic E-state index is 5.16. The molecule has 18 heavy (non-hydrogen) atoms. The summed E-state index contributed by atoms with van der Waals surface area (Å²) in [7, 11) is 1.70. The highest BCUT2D eigenvalue weighted by molar-refractivity contribution is 5.90. The van der Waals surface area contributed by atoms with Gasteiger partial charge in [-0.3, -0.25) is 9.89 Å². The molecule has 3 nitrogen and oxygen atoms in total. The summed E-state index contributed by atoms with van der Waals surface area (Å²) in [6.45, 7) is 4.45. The maximum atomic E-state index is 5.16. The molecule has 0 N–H and O–H groups in total. The number of hydrogen-bond donors (Lipinski definition) is 0. The smallest absolute Gasteiger partial charge is 0.118 e. The molecule has 0 unspecified atom stereocenters. The lowest BCUT2D eigenvalue weighted by Crippen LogP contribution is -2.47. The fourth-order valence-corrected chi connectivity index (χ4v) is 2.89. The van der Waals surface area contributed by atoms with Crippen LogP contribution in [0.2, 0.25) is 0 Å². The lowest BCUT2D eigenvalue weighted by Gasteiger charge is -2.40. The van der Waals surface area contributed by atoms with E-state index in [1.165, 1.54) is 37.2 Å². The Kier molecular flexibility index (Phi) is 3.33. The van der Waals surface area contributed by atoms with E-state index >= 15 is 0 Å². The monoisotopic (exact) mass is 244 g/mol. The molecule has 2 bridgehead atoms. The molecule has 0 aromatic heterocycles. The van der Waals surface area contributed by atoms with Crippen molar-refractivity contribution in [2.45, 2.75) is 19.4 Å². The highest BCUT2D eigenvalue weighted by Gasteiger charge is 2.30. The van der Waals surface area contributed by atoms with Gasteiger partial charge in [0, 0.05) is 18.2 Å². The van der Waals surface area contributed by atoms with Crippen molar-refractivity contribution in [2.24, 2.45) is 10.9 Å². The molecule has 1 aromatic rings. The Hall–Kier alpha value is -1.35. The minimum absolute atomic E-state index is 0.758. The predicted molar refractivity (Wildman–Crippen MR) is 73.3 cm³/mol. The van der Waals surface area contributed by atoms with E-state index < -0.39 is 0 Å². The van der Waals surface area contributed by atoms with Crippen LogP contribution in [0.3, 0.4) is 0 Å². The van der Waals surface area contributed by atoms with Gasteiger partial charge in [-0.2, -0.15) is 0 Å². The van der Waals surface area contributed by atoms with Crippen molar-refractivity contribution in [3.05, 3.63) is 29.8 Å². The van der Waals surface area contributed by atoms with Crippen LogP contribution in [0.4, 0.5) is 0 Å². The fraction of sp³-hybridized carbons (Fsp3) is 0.533. The first-order valence-electron chi connectivity index (χ1n) is 6.73. The van der Waals surface area contributed by atoms with Crippen LogP contribution in [0.25, 0.3) is 0 Å². The highest BCUT2D eigenvalue weighted by atomic mass is 16.5. The van der Waals surface area contributed by atoms with E-state index in [-0.39, 0.29) is 0 Å². The molecular formula is C15H20N2O. The van der Waals surface area contributed by atoms with Crippen LogP contribution in [-0.2, 0) is 6.54 Å². The molecule has 0 aliphatic carbocycles. The lowest BCUT2D eigenvalue weighted by molar-refractivity contribution is 0.200. The second-order valence-corrected chi connectivity index (χ2v) is 5.21. The SMILES string of the molecule is COc1ccc(C/N=C2\CN3CCC2CC3)cc1. The van der Waals surface area contributed by atoms with Crippen molar-refractivity contribution < 1.29 is 4.74 Å². The molecule has 3 heterocycles. The van der Waals surface area contributed by atoms with Gasteiger partial charge in [0.25, 0.3) is 0 Å². The topological polar surface area (TPSA) is 24.8 Å². The predicted octanol–water partition coefficient (Wildman–Crippen LogP) is 2.36. The first-order valence-corrected chi connectivity index (χ1v) is 6.73. The Bertz CT molecular complexity index is 430. The average molecular weight is 244 g/mol. The van der Waals surface area contributed by atoms with Crippen LogP contribution in [0, 0.1) is 5.92 Å². The lowest BCUT2D eigenvalue weighted by atomic mass is 9.86. The molecule has 3 saturated heterocycles. The van der Waals surface area contributed by atoms with Gasteiger partial charge < -0.3 is 4.74 Å². The molecule has 0 saturated carbocycles. The van der Waals surface area contributed by atoms with E-state index in [0.717, 1.165) is 24.8 Å². The molecule has 0 atom stereocenters. The van der Waals surface area contributed by atoms with Crippen molar-refractivity contribution in [2.75, 3.05) is 26.7 Å². The minimum Gasteiger partial charge on any atom is -0.497 e.